The lowest BCUT2D eigenvalue weighted by Gasteiger charge is -2.39. The van der Waals surface area contributed by atoms with Gasteiger partial charge >= 0.3 is 0 Å². The van der Waals surface area contributed by atoms with E-state index in [-0.39, 0.29) is 35.6 Å². The van der Waals surface area contributed by atoms with E-state index in [1.165, 1.54) is 0 Å². The summed E-state index contributed by atoms with van der Waals surface area (Å²) >= 11 is 1.56. The quantitative estimate of drug-likeness (QED) is 0.536. The predicted molar refractivity (Wildman–Crippen MR) is 148 cm³/mol. The molecule has 1 aromatic rings. The number of ether oxygens (including phenoxy) is 1. The summed E-state index contributed by atoms with van der Waals surface area (Å²) in [6, 6.07) is 6.14. The standard InChI is InChI=1S/C29H37N3O5S/c1-5-19(17-33)32-25-28(36)30(18(3)4)16-8-14-29(25)24(27(32)35)23-22(38-29)9-7-15-31(26(23)34)20-10-12-21(13-11-20)37-6-2/h7-14,18-19,22-25,33H,5-6,15-17H2,1-4H3/t19-,22-,23+,24-,25?,29-/m0/s1. The molecule has 204 valence electrons. The van der Waals surface area contributed by atoms with E-state index in [4.69, 9.17) is 4.74 Å². The molecule has 3 amide bonds. The van der Waals surface area contributed by atoms with Crippen molar-refractivity contribution in [2.24, 2.45) is 11.8 Å². The number of benzene rings is 1. The van der Waals surface area contributed by atoms with Crippen LogP contribution >= 0.6 is 11.8 Å². The number of amides is 3. The molecule has 1 unspecified atom stereocenters. The number of fused-ring (bicyclic) bond motifs is 2. The Kier molecular flexibility index (Phi) is 7.35. The summed E-state index contributed by atoms with van der Waals surface area (Å²) in [5.41, 5.74) is 0.744. The number of hydrogen-bond acceptors (Lipinski definition) is 6. The molecule has 5 rings (SSSR count). The van der Waals surface area contributed by atoms with Crippen LogP contribution in [-0.2, 0) is 14.4 Å². The average Bonchev–Trinajstić information content (AvgIpc) is 3.21. The molecule has 8 nitrogen and oxygen atoms in total. The zero-order valence-electron chi connectivity index (χ0n) is 22.4. The van der Waals surface area contributed by atoms with Gasteiger partial charge in [-0.2, -0.15) is 0 Å². The van der Waals surface area contributed by atoms with Crippen molar-refractivity contribution >= 4 is 35.2 Å². The van der Waals surface area contributed by atoms with E-state index in [1.807, 2.05) is 76.3 Å². The van der Waals surface area contributed by atoms with Crippen molar-refractivity contribution in [3.8, 4) is 5.75 Å². The highest BCUT2D eigenvalue weighted by molar-refractivity contribution is 8.02. The van der Waals surface area contributed by atoms with Crippen LogP contribution in [0.2, 0.25) is 0 Å². The summed E-state index contributed by atoms with van der Waals surface area (Å²) in [6.45, 7) is 8.97. The number of carbonyl (C=O) groups is 3. The highest BCUT2D eigenvalue weighted by Gasteiger charge is 2.71. The molecule has 6 atom stereocenters. The van der Waals surface area contributed by atoms with Gasteiger partial charge in [-0.1, -0.05) is 31.2 Å². The second kappa shape index (κ2) is 10.4. The molecule has 9 heteroatoms. The van der Waals surface area contributed by atoms with Gasteiger partial charge in [0.15, 0.2) is 0 Å². The summed E-state index contributed by atoms with van der Waals surface area (Å²) in [5.74, 6) is -1.03. The predicted octanol–water partition coefficient (Wildman–Crippen LogP) is 2.86. The molecule has 4 heterocycles. The number of anilines is 1. The normalized spacial score (nSPS) is 31.3. The third-order valence-electron chi connectivity index (χ3n) is 8.29. The van der Waals surface area contributed by atoms with Gasteiger partial charge in [-0.15, -0.1) is 11.8 Å². The van der Waals surface area contributed by atoms with Crippen LogP contribution in [-0.4, -0.2) is 87.1 Å². The molecular formula is C29H37N3O5S. The van der Waals surface area contributed by atoms with E-state index < -0.39 is 28.7 Å². The van der Waals surface area contributed by atoms with Gasteiger partial charge in [0, 0.05) is 30.1 Å². The van der Waals surface area contributed by atoms with Crippen LogP contribution < -0.4 is 9.64 Å². The van der Waals surface area contributed by atoms with Crippen LogP contribution in [0.5, 0.6) is 5.75 Å². The summed E-state index contributed by atoms with van der Waals surface area (Å²) in [6.07, 6.45) is 8.55. The molecule has 1 N–H and O–H groups in total. The van der Waals surface area contributed by atoms with Gasteiger partial charge in [0.25, 0.3) is 0 Å². The first-order valence-electron chi connectivity index (χ1n) is 13.6. The van der Waals surface area contributed by atoms with E-state index >= 15 is 0 Å². The molecule has 1 spiro atoms. The first-order chi connectivity index (χ1) is 18.3. The Balaban J connectivity index is 1.58. The second-order valence-electron chi connectivity index (χ2n) is 10.6. The van der Waals surface area contributed by atoms with Crippen molar-refractivity contribution in [2.75, 3.05) is 31.2 Å². The van der Waals surface area contributed by atoms with Crippen molar-refractivity contribution < 1.29 is 24.2 Å². The zero-order valence-corrected chi connectivity index (χ0v) is 23.3. The number of likely N-dealkylation sites (tertiary alicyclic amines) is 1. The third-order valence-corrected chi connectivity index (χ3v) is 10.0. The van der Waals surface area contributed by atoms with Crippen molar-refractivity contribution in [1.29, 1.82) is 0 Å². The molecule has 0 aliphatic carbocycles. The minimum atomic E-state index is -0.877. The van der Waals surface area contributed by atoms with Crippen molar-refractivity contribution in [2.45, 2.75) is 62.2 Å². The third kappa shape index (κ3) is 4.06. The lowest BCUT2D eigenvalue weighted by atomic mass is 9.78. The summed E-state index contributed by atoms with van der Waals surface area (Å²) < 4.78 is 4.69. The highest BCUT2D eigenvalue weighted by Crippen LogP contribution is 2.61. The maximum absolute atomic E-state index is 14.3. The van der Waals surface area contributed by atoms with Crippen LogP contribution in [0.1, 0.15) is 34.1 Å². The second-order valence-corrected chi connectivity index (χ2v) is 12.1. The monoisotopic (exact) mass is 539 g/mol. The van der Waals surface area contributed by atoms with E-state index in [2.05, 4.69) is 0 Å². The average molecular weight is 540 g/mol. The van der Waals surface area contributed by atoms with Crippen LogP contribution in [0.25, 0.3) is 0 Å². The van der Waals surface area contributed by atoms with Crippen molar-refractivity contribution in [1.82, 2.24) is 9.80 Å². The van der Waals surface area contributed by atoms with Gasteiger partial charge in [0.2, 0.25) is 17.7 Å². The largest absolute Gasteiger partial charge is 0.494 e. The number of aliphatic hydroxyl groups excluding tert-OH is 1. The molecule has 4 aliphatic rings. The van der Waals surface area contributed by atoms with Crippen molar-refractivity contribution in [3.63, 3.8) is 0 Å². The van der Waals surface area contributed by atoms with E-state index in [0.717, 1.165) is 11.4 Å². The van der Waals surface area contributed by atoms with E-state index in [0.29, 0.717) is 26.1 Å². The fraction of sp³-hybridized carbons (Fsp3) is 0.552. The Morgan fingerprint density at radius 3 is 2.42 bits per heavy atom. The van der Waals surface area contributed by atoms with Gasteiger partial charge < -0.3 is 24.5 Å². The fourth-order valence-electron chi connectivity index (χ4n) is 6.49. The van der Waals surface area contributed by atoms with Crippen LogP contribution in [0.3, 0.4) is 0 Å². The molecule has 0 bridgehead atoms. The Hall–Kier alpha value is -2.78. The lowest BCUT2D eigenvalue weighted by Crippen LogP contribution is -2.57. The number of thioether (sulfide) groups is 1. The maximum Gasteiger partial charge on any atom is 0.247 e. The van der Waals surface area contributed by atoms with E-state index in [9.17, 15) is 19.5 Å². The Labute approximate surface area is 228 Å². The van der Waals surface area contributed by atoms with Gasteiger partial charge in [0.05, 0.1) is 35.8 Å². The SMILES string of the molecule is CCOc1ccc(N2CC=C[C@@H]3S[C@]45C=CCN(C(C)C)C(=O)C4N([C@@H](CC)CO)C(=O)[C@@H]5[C@@H]3C2=O)cc1. The molecular weight excluding hydrogens is 502 g/mol. The lowest BCUT2D eigenvalue weighted by molar-refractivity contribution is -0.146. The summed E-state index contributed by atoms with van der Waals surface area (Å²) in [4.78, 5) is 47.8. The summed E-state index contributed by atoms with van der Waals surface area (Å²) in [7, 11) is 0. The molecule has 0 radical (unpaired) electrons. The number of rotatable bonds is 7. The fourth-order valence-corrected chi connectivity index (χ4v) is 8.48. The smallest absolute Gasteiger partial charge is 0.247 e. The molecule has 2 fully saturated rings. The first kappa shape index (κ1) is 26.8. The molecule has 0 saturated carbocycles. The van der Waals surface area contributed by atoms with Gasteiger partial charge in [-0.05, 0) is 51.5 Å². The Morgan fingerprint density at radius 1 is 1.05 bits per heavy atom. The first-order valence-corrected chi connectivity index (χ1v) is 14.5. The minimum absolute atomic E-state index is 0.0407. The topological polar surface area (TPSA) is 90.4 Å². The minimum Gasteiger partial charge on any atom is -0.494 e. The van der Waals surface area contributed by atoms with Gasteiger partial charge in [-0.25, -0.2) is 0 Å². The Bertz CT molecular complexity index is 1150. The molecule has 4 aliphatic heterocycles. The molecule has 1 aromatic carbocycles. The number of hydrogen-bond donors (Lipinski definition) is 1. The summed E-state index contributed by atoms with van der Waals surface area (Å²) in [5, 5.41) is 10.00. The van der Waals surface area contributed by atoms with Crippen LogP contribution in [0.15, 0.2) is 48.6 Å². The van der Waals surface area contributed by atoms with Crippen molar-refractivity contribution in [3.05, 3.63) is 48.6 Å². The Morgan fingerprint density at radius 2 is 1.79 bits per heavy atom. The number of aliphatic hydroxyl groups is 1. The van der Waals surface area contributed by atoms with Crippen LogP contribution in [0, 0.1) is 11.8 Å². The van der Waals surface area contributed by atoms with Gasteiger partial charge in [-0.3, -0.25) is 14.4 Å². The number of carbonyl (C=O) groups excluding carboxylic acids is 3. The molecule has 2 saturated heterocycles. The van der Waals surface area contributed by atoms with E-state index in [1.54, 1.807) is 26.5 Å². The number of nitrogens with zero attached hydrogens (tertiary/aromatic N) is 3. The van der Waals surface area contributed by atoms with Gasteiger partial charge in [0.1, 0.15) is 11.8 Å². The highest BCUT2D eigenvalue weighted by atomic mass is 32.2. The maximum atomic E-state index is 14.3. The molecule has 0 aromatic heterocycles. The molecule has 38 heavy (non-hydrogen) atoms. The zero-order chi connectivity index (χ0) is 27.2. The van der Waals surface area contributed by atoms with Crippen LogP contribution in [0.4, 0.5) is 5.69 Å².